The summed E-state index contributed by atoms with van der Waals surface area (Å²) in [5.74, 6) is 1.11. The quantitative estimate of drug-likeness (QED) is 0.0218. The minimum absolute atomic E-state index is 0.0489. The third-order valence-corrected chi connectivity index (χ3v) is 23.3. The highest BCUT2D eigenvalue weighted by molar-refractivity contribution is 7.80. The minimum atomic E-state index is -3.31. The first-order valence-corrected chi connectivity index (χ1v) is 46.8. The maximum Gasteiger partial charge on any atom is 0.248 e. The summed E-state index contributed by atoms with van der Waals surface area (Å²) in [5, 5.41) is 0. The molecule has 0 aliphatic carbocycles. The summed E-state index contributed by atoms with van der Waals surface area (Å²) in [7, 11) is -11.4. The number of rotatable bonds is 76. The fraction of sp³-hybridized carbons (Fsp3) is 0.932. The molecule has 572 valence electrons. The number of hydrogen-bond acceptors (Lipinski definition) is 18. The fourth-order valence-corrected chi connectivity index (χ4v) is 16.6. The average molecular weight is 1470 g/mol. The molecule has 22 heteroatoms. The molecule has 0 saturated carbocycles. The number of hydrogen-bond donors (Lipinski definition) is 5. The first-order valence-electron chi connectivity index (χ1n) is 39.1. The SMILES string of the molecule is C=P(O)(OCCCCCCS)OCC1OCCC1OP(=C)(O)OCCCCCCCCCCCCCCCCCCCCCCCCCCCCCCCCCCCCCCCCCOP(=C)(O)OCC1OCCC1OP(=C)(O)OCCCCCCCC(=O)CCOCCOC. The lowest BCUT2D eigenvalue weighted by Gasteiger charge is -2.26. The molecular formula is C74H148O17P4S. The third-order valence-electron chi connectivity index (χ3n) is 18.3. The lowest BCUT2D eigenvalue weighted by Crippen LogP contribution is -2.28. The Balaban J connectivity index is 1.23. The lowest BCUT2D eigenvalue weighted by atomic mass is 10.0. The second kappa shape index (κ2) is 64.0. The van der Waals surface area contributed by atoms with Crippen LogP contribution in [0.15, 0.2) is 0 Å². The molecule has 0 aromatic carbocycles. The van der Waals surface area contributed by atoms with Gasteiger partial charge in [-0.25, -0.2) is 0 Å². The molecule has 96 heavy (non-hydrogen) atoms. The van der Waals surface area contributed by atoms with Gasteiger partial charge >= 0.3 is 0 Å². The number of unbranched alkanes of at least 4 members (excludes halogenated alkanes) is 45. The van der Waals surface area contributed by atoms with Gasteiger partial charge in [0.15, 0.2) is 0 Å². The van der Waals surface area contributed by atoms with Crippen molar-refractivity contribution in [3.05, 3.63) is 0 Å². The Bertz CT molecular complexity index is 1960. The predicted octanol–water partition coefficient (Wildman–Crippen LogP) is 20.8. The van der Waals surface area contributed by atoms with E-state index in [9.17, 15) is 24.4 Å². The van der Waals surface area contributed by atoms with E-state index in [0.717, 1.165) is 89.2 Å². The summed E-state index contributed by atoms with van der Waals surface area (Å²) in [6.45, 7) is 4.11. The van der Waals surface area contributed by atoms with Crippen LogP contribution in [0.1, 0.15) is 334 Å². The van der Waals surface area contributed by atoms with Crippen molar-refractivity contribution >= 4 is 73.9 Å². The highest BCUT2D eigenvalue weighted by atomic mass is 32.1. The zero-order chi connectivity index (χ0) is 69.6. The van der Waals surface area contributed by atoms with Crippen LogP contribution in [0.25, 0.3) is 0 Å². The highest BCUT2D eigenvalue weighted by Gasteiger charge is 2.36. The summed E-state index contributed by atoms with van der Waals surface area (Å²) < 4.78 is 67.5. The number of thiol groups is 1. The van der Waals surface area contributed by atoms with Gasteiger partial charge in [0.05, 0.1) is 71.7 Å². The van der Waals surface area contributed by atoms with Crippen LogP contribution < -0.4 is 0 Å². The van der Waals surface area contributed by atoms with Crippen LogP contribution in [0.2, 0.25) is 0 Å². The van der Waals surface area contributed by atoms with Crippen LogP contribution in [0.5, 0.6) is 0 Å². The maximum atomic E-state index is 12.0. The molecule has 8 atom stereocenters. The third kappa shape index (κ3) is 58.9. The summed E-state index contributed by atoms with van der Waals surface area (Å²) in [5.41, 5.74) is 0. The van der Waals surface area contributed by atoms with Crippen LogP contribution in [-0.4, -0.2) is 161 Å². The van der Waals surface area contributed by atoms with Gasteiger partial charge in [-0.1, -0.05) is 270 Å². The maximum absolute atomic E-state index is 12.0. The topological polar surface area (TPSA) is 209 Å². The number of methoxy groups -OCH3 is 1. The molecule has 0 aromatic rings. The van der Waals surface area contributed by atoms with E-state index < -0.39 is 54.7 Å². The van der Waals surface area contributed by atoms with E-state index in [4.69, 9.17) is 55.1 Å². The van der Waals surface area contributed by atoms with Crippen LogP contribution in [0, 0.1) is 0 Å². The van der Waals surface area contributed by atoms with Gasteiger partial charge in [-0.3, -0.25) is 4.79 Å². The Morgan fingerprint density at radius 1 is 0.344 bits per heavy atom. The van der Waals surface area contributed by atoms with Gasteiger partial charge in [-0.15, -0.1) is 0 Å². The molecule has 2 heterocycles. The predicted molar refractivity (Wildman–Crippen MR) is 412 cm³/mol. The summed E-state index contributed by atoms with van der Waals surface area (Å²) >= 11 is 4.23. The van der Waals surface area contributed by atoms with Gasteiger partial charge in [0, 0.05) is 46.0 Å². The zero-order valence-corrected chi connectivity index (χ0v) is 65.7. The van der Waals surface area contributed by atoms with Crippen molar-refractivity contribution < 1.29 is 79.5 Å². The molecule has 2 aliphatic heterocycles. The molecule has 0 bridgehead atoms. The summed E-state index contributed by atoms with van der Waals surface area (Å²) in [6, 6.07) is 0. The number of Topliss-reactive ketones (excluding diaryl/α,β-unsaturated/α-hetero) is 1. The number of ether oxygens (including phenoxy) is 4. The van der Waals surface area contributed by atoms with Crippen LogP contribution >= 0.6 is 42.9 Å². The second-order valence-corrected chi connectivity index (χ2v) is 35.0. The summed E-state index contributed by atoms with van der Waals surface area (Å²) in [4.78, 5) is 54.8. The summed E-state index contributed by atoms with van der Waals surface area (Å²) in [6.07, 6.45) is 76.1. The van der Waals surface area contributed by atoms with Crippen LogP contribution in [0.4, 0.5) is 0 Å². The van der Waals surface area contributed by atoms with E-state index in [1.165, 1.54) is 225 Å². The largest absolute Gasteiger partial charge is 0.382 e. The normalized spacial score (nSPS) is 19.2. The molecule has 0 spiro atoms. The van der Waals surface area contributed by atoms with E-state index in [1.54, 1.807) is 7.11 Å². The van der Waals surface area contributed by atoms with Crippen molar-refractivity contribution in [3.63, 3.8) is 0 Å². The van der Waals surface area contributed by atoms with Crippen LogP contribution in [-0.2, 0) is 59.9 Å². The molecule has 2 fully saturated rings. The molecular weight excluding hydrogens is 1320 g/mol. The van der Waals surface area contributed by atoms with Gasteiger partial charge < -0.3 is 74.7 Å². The molecule has 2 rings (SSSR count). The lowest BCUT2D eigenvalue weighted by molar-refractivity contribution is -0.120. The van der Waals surface area contributed by atoms with Crippen LogP contribution in [0.3, 0.4) is 0 Å². The van der Waals surface area contributed by atoms with Crippen molar-refractivity contribution in [1.82, 2.24) is 0 Å². The Morgan fingerprint density at radius 3 is 0.885 bits per heavy atom. The van der Waals surface area contributed by atoms with E-state index in [2.05, 4.69) is 37.8 Å². The first kappa shape index (κ1) is 92.7. The fourth-order valence-electron chi connectivity index (χ4n) is 12.4. The molecule has 8 unspecified atom stereocenters. The van der Waals surface area contributed by atoms with Gasteiger partial charge in [-0.05, 0) is 69.5 Å². The smallest absolute Gasteiger partial charge is 0.248 e. The van der Waals surface area contributed by atoms with Crippen molar-refractivity contribution in [1.29, 1.82) is 0 Å². The van der Waals surface area contributed by atoms with Crippen molar-refractivity contribution in [2.75, 3.05) is 85.5 Å². The van der Waals surface area contributed by atoms with Gasteiger partial charge in [0.2, 0.25) is 30.3 Å². The van der Waals surface area contributed by atoms with E-state index in [-0.39, 0.29) is 19.0 Å². The zero-order valence-electron chi connectivity index (χ0n) is 61.2. The Kier molecular flexibility index (Phi) is 61.8. The number of carbonyl (C=O) groups is 1. The van der Waals surface area contributed by atoms with E-state index in [0.29, 0.717) is 85.1 Å². The number of carbonyl (C=O) groups excluding carboxylic acids is 1. The van der Waals surface area contributed by atoms with Gasteiger partial charge in [-0.2, -0.15) is 12.6 Å². The molecule has 17 nitrogen and oxygen atoms in total. The molecule has 4 N–H and O–H groups in total. The van der Waals surface area contributed by atoms with E-state index >= 15 is 0 Å². The molecule has 0 radical (unpaired) electrons. The molecule has 2 aliphatic rings. The molecule has 0 aromatic heterocycles. The minimum Gasteiger partial charge on any atom is -0.382 e. The first-order chi connectivity index (χ1) is 46.6. The van der Waals surface area contributed by atoms with E-state index in [1.807, 2.05) is 0 Å². The molecule has 2 saturated heterocycles. The standard InChI is InChI=1S/C74H148O17P4S/c1-80-65-66-81-62-55-70(75)54-48-42-41-45-51-61-87-95(5,79)91-72-57-64-82-73(72)68-88-92(2,76)84-58-49-43-39-37-35-33-31-29-27-25-23-21-19-17-15-13-11-9-7-6-8-10-12-14-16-18-20-22-24-26-28-30-32-34-36-38-40-44-50-60-86-94(4,78)90-71-56-63-83-74(71)69-89-93(3,77)85-59-52-46-47-53-67-96/h71-74,76-79,96H,2-69H2,1H3. The Hall–Kier alpha value is 0.580. The second-order valence-electron chi connectivity index (χ2n) is 27.5. The van der Waals surface area contributed by atoms with Crippen molar-refractivity contribution in [3.8, 4) is 0 Å². The average Bonchev–Trinajstić information content (AvgIpc) is 1.72. The van der Waals surface area contributed by atoms with Gasteiger partial charge in [0.1, 0.15) is 18.0 Å². The number of ketones is 1. The monoisotopic (exact) mass is 1460 g/mol. The Labute approximate surface area is 594 Å². The Morgan fingerprint density at radius 2 is 0.604 bits per heavy atom. The molecule has 0 amide bonds. The van der Waals surface area contributed by atoms with Crippen molar-refractivity contribution in [2.24, 2.45) is 0 Å². The highest BCUT2D eigenvalue weighted by Crippen LogP contribution is 2.49. The van der Waals surface area contributed by atoms with Gasteiger partial charge in [0.25, 0.3) is 0 Å². The van der Waals surface area contributed by atoms with Crippen molar-refractivity contribution in [2.45, 2.75) is 358 Å².